The molecule has 4 heteroatoms. The van der Waals surface area contributed by atoms with Gasteiger partial charge in [0.05, 0.1) is 7.11 Å². The number of hydrogen-bond acceptors (Lipinski definition) is 3. The van der Waals surface area contributed by atoms with Crippen LogP contribution in [0.5, 0.6) is 5.75 Å². The molecular weight excluding hydrogens is 262 g/mol. The average Bonchev–Trinajstić information content (AvgIpc) is 2.89. The van der Waals surface area contributed by atoms with Crippen LogP contribution >= 0.6 is 0 Å². The molecule has 0 bridgehead atoms. The molecule has 3 aromatic rings. The second-order valence-electron chi connectivity index (χ2n) is 4.98. The van der Waals surface area contributed by atoms with E-state index in [4.69, 9.17) is 4.74 Å². The minimum Gasteiger partial charge on any atom is -0.497 e. The number of hydrogen-bond donors (Lipinski definition) is 0. The summed E-state index contributed by atoms with van der Waals surface area (Å²) in [6.45, 7) is 2.07. The third-order valence-electron chi connectivity index (χ3n) is 3.39. The summed E-state index contributed by atoms with van der Waals surface area (Å²) < 4.78 is 6.98. The number of aryl methyl sites for hydroxylation is 2. The highest BCUT2D eigenvalue weighted by molar-refractivity contribution is 5.62. The first-order valence-electron chi connectivity index (χ1n) is 6.80. The van der Waals surface area contributed by atoms with E-state index in [-0.39, 0.29) is 0 Å². The summed E-state index contributed by atoms with van der Waals surface area (Å²) >= 11 is 0. The Bertz CT molecular complexity index is 760. The molecule has 1 aromatic heterocycles. The second-order valence-corrected chi connectivity index (χ2v) is 4.98. The lowest BCUT2D eigenvalue weighted by molar-refractivity contribution is 0.415. The third-order valence-corrected chi connectivity index (χ3v) is 3.39. The number of methoxy groups -OCH3 is 1. The summed E-state index contributed by atoms with van der Waals surface area (Å²) in [4.78, 5) is 4.66. The number of rotatable bonds is 3. The smallest absolute Gasteiger partial charge is 0.181 e. The molecule has 0 aliphatic rings. The highest BCUT2D eigenvalue weighted by Crippen LogP contribution is 2.23. The van der Waals surface area contributed by atoms with Crippen molar-refractivity contribution in [2.24, 2.45) is 7.05 Å². The van der Waals surface area contributed by atoms with Crippen LogP contribution in [0.4, 0.5) is 0 Å². The van der Waals surface area contributed by atoms with Crippen LogP contribution in [-0.4, -0.2) is 21.9 Å². The molecule has 106 valence electrons. The molecule has 0 N–H and O–H groups in total. The summed E-state index contributed by atoms with van der Waals surface area (Å²) in [7, 11) is 3.57. The van der Waals surface area contributed by atoms with Crippen LogP contribution in [0.25, 0.3) is 22.8 Å². The first kappa shape index (κ1) is 13.4. The Labute approximate surface area is 124 Å². The second kappa shape index (κ2) is 5.40. The van der Waals surface area contributed by atoms with Gasteiger partial charge in [-0.25, -0.2) is 9.67 Å². The standard InChI is InChI=1S/C17H17N3O/c1-12-5-4-6-14(11-12)17-18-16(19-20(17)2)13-7-9-15(21-3)10-8-13/h4-11H,1-3H3. The summed E-state index contributed by atoms with van der Waals surface area (Å²) in [5.41, 5.74) is 3.26. The van der Waals surface area contributed by atoms with E-state index in [9.17, 15) is 0 Å². The molecule has 0 spiro atoms. The van der Waals surface area contributed by atoms with Gasteiger partial charge in [-0.1, -0.05) is 23.8 Å². The Balaban J connectivity index is 2.00. The monoisotopic (exact) mass is 279 g/mol. The number of benzene rings is 2. The van der Waals surface area contributed by atoms with Crippen molar-refractivity contribution < 1.29 is 4.74 Å². The largest absolute Gasteiger partial charge is 0.497 e. The van der Waals surface area contributed by atoms with Crippen molar-refractivity contribution in [2.75, 3.05) is 7.11 Å². The number of nitrogens with zero attached hydrogens (tertiary/aromatic N) is 3. The Kier molecular flexibility index (Phi) is 3.44. The summed E-state index contributed by atoms with van der Waals surface area (Å²) in [6, 6.07) is 16.0. The van der Waals surface area contributed by atoms with Crippen molar-refractivity contribution >= 4 is 0 Å². The van der Waals surface area contributed by atoms with Gasteiger partial charge in [-0.05, 0) is 37.3 Å². The van der Waals surface area contributed by atoms with E-state index >= 15 is 0 Å². The first-order chi connectivity index (χ1) is 10.2. The van der Waals surface area contributed by atoms with Gasteiger partial charge in [-0.15, -0.1) is 0 Å². The average molecular weight is 279 g/mol. The fraction of sp³-hybridized carbons (Fsp3) is 0.176. The van der Waals surface area contributed by atoms with E-state index in [1.807, 2.05) is 42.1 Å². The third kappa shape index (κ3) is 2.65. The van der Waals surface area contributed by atoms with Gasteiger partial charge in [0.2, 0.25) is 0 Å². The predicted molar refractivity (Wildman–Crippen MR) is 83.2 cm³/mol. The van der Waals surface area contributed by atoms with Gasteiger partial charge in [-0.3, -0.25) is 0 Å². The normalized spacial score (nSPS) is 10.6. The van der Waals surface area contributed by atoms with Crippen molar-refractivity contribution in [2.45, 2.75) is 6.92 Å². The molecule has 3 rings (SSSR count). The Morgan fingerprint density at radius 1 is 1.00 bits per heavy atom. The molecule has 0 atom stereocenters. The zero-order valence-electron chi connectivity index (χ0n) is 12.4. The molecule has 0 saturated carbocycles. The Morgan fingerprint density at radius 3 is 2.43 bits per heavy atom. The van der Waals surface area contributed by atoms with Crippen LogP contribution in [0.15, 0.2) is 48.5 Å². The predicted octanol–water partition coefficient (Wildman–Crippen LogP) is 3.47. The van der Waals surface area contributed by atoms with Crippen molar-refractivity contribution in [3.8, 4) is 28.5 Å². The minimum absolute atomic E-state index is 0.719. The maximum absolute atomic E-state index is 5.17. The van der Waals surface area contributed by atoms with Crippen LogP contribution in [0, 0.1) is 6.92 Å². The lowest BCUT2D eigenvalue weighted by Gasteiger charge is -2.00. The lowest BCUT2D eigenvalue weighted by Crippen LogP contribution is -1.94. The van der Waals surface area contributed by atoms with Gasteiger partial charge in [0, 0.05) is 18.2 Å². The lowest BCUT2D eigenvalue weighted by atomic mass is 10.1. The molecule has 4 nitrogen and oxygen atoms in total. The summed E-state index contributed by atoms with van der Waals surface area (Å²) in [5.74, 6) is 2.41. The van der Waals surface area contributed by atoms with Gasteiger partial charge in [-0.2, -0.15) is 5.10 Å². The van der Waals surface area contributed by atoms with E-state index in [1.165, 1.54) is 5.56 Å². The van der Waals surface area contributed by atoms with Crippen LogP contribution in [0.1, 0.15) is 5.56 Å². The molecule has 0 amide bonds. The fourth-order valence-corrected chi connectivity index (χ4v) is 2.28. The van der Waals surface area contributed by atoms with Crippen LogP contribution in [-0.2, 0) is 7.05 Å². The van der Waals surface area contributed by atoms with E-state index < -0.39 is 0 Å². The van der Waals surface area contributed by atoms with Gasteiger partial charge in [0.25, 0.3) is 0 Å². The van der Waals surface area contributed by atoms with Gasteiger partial charge in [0.15, 0.2) is 11.6 Å². The zero-order chi connectivity index (χ0) is 14.8. The number of aromatic nitrogens is 3. The molecule has 0 aliphatic carbocycles. The maximum Gasteiger partial charge on any atom is 0.181 e. The van der Waals surface area contributed by atoms with Gasteiger partial charge < -0.3 is 4.74 Å². The SMILES string of the molecule is COc1ccc(-c2nc(-c3cccc(C)c3)n(C)n2)cc1. The molecule has 0 aliphatic heterocycles. The van der Waals surface area contributed by atoms with Gasteiger partial charge in [0.1, 0.15) is 5.75 Å². The number of ether oxygens (including phenoxy) is 1. The molecule has 1 heterocycles. The molecule has 21 heavy (non-hydrogen) atoms. The van der Waals surface area contributed by atoms with Crippen molar-refractivity contribution in [1.29, 1.82) is 0 Å². The highest BCUT2D eigenvalue weighted by atomic mass is 16.5. The molecular formula is C17H17N3O. The highest BCUT2D eigenvalue weighted by Gasteiger charge is 2.11. The van der Waals surface area contributed by atoms with E-state index in [0.29, 0.717) is 0 Å². The molecule has 0 saturated heterocycles. The Hall–Kier alpha value is -2.62. The van der Waals surface area contributed by atoms with E-state index in [1.54, 1.807) is 7.11 Å². The maximum atomic E-state index is 5.17. The molecule has 2 aromatic carbocycles. The van der Waals surface area contributed by atoms with Crippen LogP contribution < -0.4 is 4.74 Å². The first-order valence-corrected chi connectivity index (χ1v) is 6.80. The van der Waals surface area contributed by atoms with Crippen molar-refractivity contribution in [3.05, 3.63) is 54.1 Å². The van der Waals surface area contributed by atoms with Crippen molar-refractivity contribution in [3.63, 3.8) is 0 Å². The summed E-state index contributed by atoms with van der Waals surface area (Å²) in [6.07, 6.45) is 0. The van der Waals surface area contributed by atoms with Crippen LogP contribution in [0.3, 0.4) is 0 Å². The minimum atomic E-state index is 0.719. The quantitative estimate of drug-likeness (QED) is 0.737. The van der Waals surface area contributed by atoms with E-state index in [0.717, 1.165) is 28.5 Å². The van der Waals surface area contributed by atoms with Crippen LogP contribution in [0.2, 0.25) is 0 Å². The fourth-order valence-electron chi connectivity index (χ4n) is 2.28. The molecule has 0 fully saturated rings. The molecule has 0 radical (unpaired) electrons. The van der Waals surface area contributed by atoms with E-state index in [2.05, 4.69) is 35.2 Å². The summed E-state index contributed by atoms with van der Waals surface area (Å²) in [5, 5.41) is 4.51. The van der Waals surface area contributed by atoms with Gasteiger partial charge >= 0.3 is 0 Å². The molecule has 0 unspecified atom stereocenters. The van der Waals surface area contributed by atoms with Crippen molar-refractivity contribution in [1.82, 2.24) is 14.8 Å². The Morgan fingerprint density at radius 2 is 1.76 bits per heavy atom. The zero-order valence-corrected chi connectivity index (χ0v) is 12.4. The topological polar surface area (TPSA) is 39.9 Å².